The van der Waals surface area contributed by atoms with Crippen LogP contribution in [0, 0.1) is 5.82 Å². The Morgan fingerprint density at radius 1 is 1.13 bits per heavy atom. The zero-order chi connectivity index (χ0) is 28.5. The summed E-state index contributed by atoms with van der Waals surface area (Å²) in [6.45, 7) is 5.78. The first-order valence-corrected chi connectivity index (χ1v) is 13.2. The number of sulfonamides is 1. The number of halogens is 4. The molecule has 0 aromatic heterocycles. The summed E-state index contributed by atoms with van der Waals surface area (Å²) in [6.07, 6.45) is -3.24. The molecule has 1 aliphatic rings. The SMILES string of the molecule is CCCCN(C)C(=O)c1cc(NS(=O)(=O)c2ccccc2F)ccc1N1CCNCC1.O=C(O)C(F)(F)F. The molecule has 0 saturated carbocycles. The fourth-order valence-corrected chi connectivity index (χ4v) is 4.66. The number of unbranched alkanes of at least 4 members (excludes halogenated alkanes) is 1. The number of benzene rings is 2. The second-order valence-corrected chi connectivity index (χ2v) is 10.0. The molecule has 0 atom stereocenters. The Balaban J connectivity index is 0.000000638. The van der Waals surface area contributed by atoms with E-state index in [-0.39, 0.29) is 11.6 Å². The predicted octanol–water partition coefficient (Wildman–Crippen LogP) is 3.54. The van der Waals surface area contributed by atoms with Crippen LogP contribution in [0.1, 0.15) is 30.1 Å². The Morgan fingerprint density at radius 3 is 2.29 bits per heavy atom. The van der Waals surface area contributed by atoms with Gasteiger partial charge < -0.3 is 20.2 Å². The average Bonchev–Trinajstić information content (AvgIpc) is 2.87. The zero-order valence-corrected chi connectivity index (χ0v) is 21.7. The van der Waals surface area contributed by atoms with Gasteiger partial charge in [-0.25, -0.2) is 17.6 Å². The average molecular weight is 563 g/mol. The predicted molar refractivity (Wildman–Crippen MR) is 134 cm³/mol. The van der Waals surface area contributed by atoms with Crippen LogP contribution in [-0.2, 0) is 14.8 Å². The highest BCUT2D eigenvalue weighted by molar-refractivity contribution is 7.92. The van der Waals surface area contributed by atoms with Crippen LogP contribution in [0.25, 0.3) is 0 Å². The molecule has 3 N–H and O–H groups in total. The molecule has 38 heavy (non-hydrogen) atoms. The van der Waals surface area contributed by atoms with Crippen molar-refractivity contribution in [1.82, 2.24) is 10.2 Å². The van der Waals surface area contributed by atoms with Crippen molar-refractivity contribution in [2.24, 2.45) is 0 Å². The van der Waals surface area contributed by atoms with Crippen molar-refractivity contribution in [3.63, 3.8) is 0 Å². The van der Waals surface area contributed by atoms with Gasteiger partial charge in [0.1, 0.15) is 10.7 Å². The minimum absolute atomic E-state index is 0.172. The molecule has 1 saturated heterocycles. The van der Waals surface area contributed by atoms with E-state index in [1.54, 1.807) is 30.1 Å². The molecule has 1 amide bonds. The number of carboxylic acid groups (broad SMARTS) is 1. The summed E-state index contributed by atoms with van der Waals surface area (Å²) in [5.74, 6) is -3.76. The third-order valence-corrected chi connectivity index (χ3v) is 6.91. The Labute approximate surface area is 218 Å². The van der Waals surface area contributed by atoms with Gasteiger partial charge in [-0.2, -0.15) is 13.2 Å². The molecule has 0 bridgehead atoms. The van der Waals surface area contributed by atoms with Crippen LogP contribution in [0.3, 0.4) is 0 Å². The van der Waals surface area contributed by atoms with Crippen molar-refractivity contribution in [1.29, 1.82) is 0 Å². The van der Waals surface area contributed by atoms with E-state index in [1.165, 1.54) is 18.2 Å². The largest absolute Gasteiger partial charge is 0.490 e. The molecule has 9 nitrogen and oxygen atoms in total. The van der Waals surface area contributed by atoms with Crippen LogP contribution < -0.4 is 14.9 Å². The van der Waals surface area contributed by atoms with E-state index in [4.69, 9.17) is 9.90 Å². The molecule has 1 fully saturated rings. The first-order chi connectivity index (χ1) is 17.8. The van der Waals surface area contributed by atoms with Gasteiger partial charge in [0.05, 0.1) is 5.56 Å². The number of nitrogens with zero attached hydrogens (tertiary/aromatic N) is 2. The molecular formula is C24H30F4N4O5S. The van der Waals surface area contributed by atoms with E-state index in [9.17, 15) is 30.8 Å². The zero-order valence-electron chi connectivity index (χ0n) is 20.9. The topological polar surface area (TPSA) is 119 Å². The van der Waals surface area contributed by atoms with Gasteiger partial charge in [-0.15, -0.1) is 0 Å². The Morgan fingerprint density at radius 2 is 1.74 bits per heavy atom. The number of rotatable bonds is 8. The Kier molecular flexibility index (Phi) is 10.9. The lowest BCUT2D eigenvalue weighted by molar-refractivity contribution is -0.192. The number of hydrogen-bond donors (Lipinski definition) is 3. The number of aliphatic carboxylic acids is 1. The van der Waals surface area contributed by atoms with Crippen LogP contribution >= 0.6 is 0 Å². The number of hydrogen-bond acceptors (Lipinski definition) is 6. The maximum Gasteiger partial charge on any atom is 0.490 e. The first-order valence-electron chi connectivity index (χ1n) is 11.7. The lowest BCUT2D eigenvalue weighted by Gasteiger charge is -2.32. The van der Waals surface area contributed by atoms with Gasteiger partial charge in [-0.1, -0.05) is 25.5 Å². The summed E-state index contributed by atoms with van der Waals surface area (Å²) in [5.41, 5.74) is 1.41. The summed E-state index contributed by atoms with van der Waals surface area (Å²) in [7, 11) is -2.39. The number of piperazine rings is 1. The molecule has 0 aliphatic carbocycles. The summed E-state index contributed by atoms with van der Waals surface area (Å²) < 4.78 is 73.6. The van der Waals surface area contributed by atoms with Crippen LogP contribution in [0.15, 0.2) is 47.4 Å². The van der Waals surface area contributed by atoms with Crippen LogP contribution in [0.5, 0.6) is 0 Å². The molecule has 0 unspecified atom stereocenters. The van der Waals surface area contributed by atoms with Crippen LogP contribution in [-0.4, -0.2) is 76.2 Å². The molecule has 0 spiro atoms. The first kappa shape index (κ1) is 30.8. The highest BCUT2D eigenvalue weighted by Gasteiger charge is 2.38. The van der Waals surface area contributed by atoms with E-state index in [2.05, 4.69) is 21.9 Å². The molecule has 2 aromatic rings. The van der Waals surface area contributed by atoms with Gasteiger partial charge >= 0.3 is 12.1 Å². The standard InChI is InChI=1S/C22H29FN4O3S.C2HF3O2/c1-3-4-13-26(2)22(28)18-16-17(9-10-20(18)27-14-11-24-12-15-27)25-31(29,30)21-8-6-5-7-19(21)23;3-2(4,5)1(6)7/h5-10,16,24-25H,3-4,11-15H2,1-2H3;(H,6,7). The second kappa shape index (κ2) is 13.4. The molecular weight excluding hydrogens is 532 g/mol. The smallest absolute Gasteiger partial charge is 0.475 e. The van der Waals surface area contributed by atoms with Crippen LogP contribution in [0.2, 0.25) is 0 Å². The summed E-state index contributed by atoms with van der Waals surface area (Å²) in [4.78, 5) is 25.4. The summed E-state index contributed by atoms with van der Waals surface area (Å²) in [5, 5.41) is 10.4. The summed E-state index contributed by atoms with van der Waals surface area (Å²) >= 11 is 0. The summed E-state index contributed by atoms with van der Waals surface area (Å²) in [6, 6.07) is 10.1. The number of carbonyl (C=O) groups excluding carboxylic acids is 1. The van der Waals surface area contributed by atoms with Crippen molar-refractivity contribution >= 4 is 33.3 Å². The van der Waals surface area contributed by atoms with E-state index in [0.29, 0.717) is 12.1 Å². The fraction of sp³-hybridized carbons (Fsp3) is 0.417. The van der Waals surface area contributed by atoms with Crippen molar-refractivity contribution < 1.29 is 40.7 Å². The lowest BCUT2D eigenvalue weighted by atomic mass is 10.1. The van der Waals surface area contributed by atoms with Crippen LogP contribution in [0.4, 0.5) is 28.9 Å². The van der Waals surface area contributed by atoms with Gasteiger partial charge in [-0.05, 0) is 36.8 Å². The van der Waals surface area contributed by atoms with E-state index in [1.807, 2.05) is 0 Å². The van der Waals surface area contributed by atoms with Gasteiger partial charge in [-0.3, -0.25) is 9.52 Å². The third kappa shape index (κ3) is 8.58. The highest BCUT2D eigenvalue weighted by atomic mass is 32.2. The highest BCUT2D eigenvalue weighted by Crippen LogP contribution is 2.28. The monoisotopic (exact) mass is 562 g/mol. The quantitative estimate of drug-likeness (QED) is 0.421. The number of amides is 1. The third-order valence-electron chi connectivity index (χ3n) is 5.50. The van der Waals surface area contributed by atoms with Gasteiger partial charge in [0.15, 0.2) is 0 Å². The minimum atomic E-state index is -5.08. The maximum atomic E-state index is 14.0. The Hall–Kier alpha value is -3.39. The molecule has 1 aliphatic heterocycles. The number of carboxylic acids is 1. The van der Waals surface area contributed by atoms with Crippen molar-refractivity contribution in [3.8, 4) is 0 Å². The normalized spacial score (nSPS) is 13.8. The van der Waals surface area contributed by atoms with Crippen molar-refractivity contribution in [3.05, 3.63) is 53.8 Å². The molecule has 210 valence electrons. The van der Waals surface area contributed by atoms with Gasteiger partial charge in [0, 0.05) is 51.1 Å². The Bertz CT molecular complexity index is 1220. The molecule has 2 aromatic carbocycles. The molecule has 3 rings (SSSR count). The van der Waals surface area contributed by atoms with E-state index in [0.717, 1.165) is 50.8 Å². The fourth-order valence-electron chi connectivity index (χ4n) is 3.53. The lowest BCUT2D eigenvalue weighted by Crippen LogP contribution is -2.44. The van der Waals surface area contributed by atoms with Crippen molar-refractivity contribution in [2.75, 3.05) is 49.4 Å². The number of anilines is 2. The van der Waals surface area contributed by atoms with Crippen molar-refractivity contribution in [2.45, 2.75) is 30.8 Å². The van der Waals surface area contributed by atoms with E-state index < -0.39 is 32.9 Å². The second-order valence-electron chi connectivity index (χ2n) is 8.39. The number of alkyl halides is 3. The number of carbonyl (C=O) groups is 2. The van der Waals surface area contributed by atoms with Gasteiger partial charge in [0.25, 0.3) is 15.9 Å². The van der Waals surface area contributed by atoms with Gasteiger partial charge in [0.2, 0.25) is 0 Å². The number of nitrogens with one attached hydrogen (secondary N) is 2. The molecule has 1 heterocycles. The minimum Gasteiger partial charge on any atom is -0.475 e. The maximum absolute atomic E-state index is 14.0. The molecule has 14 heteroatoms. The molecule has 0 radical (unpaired) electrons. The van der Waals surface area contributed by atoms with E-state index >= 15 is 0 Å².